The first-order valence-electron chi connectivity index (χ1n) is 7.51. The maximum Gasteiger partial charge on any atom is 0.0214 e. The molecule has 3 aliphatic carbocycles. The summed E-state index contributed by atoms with van der Waals surface area (Å²) in [5, 5.41) is 2.88. The molecule has 0 amide bonds. The van der Waals surface area contributed by atoms with Crippen molar-refractivity contribution in [3.05, 3.63) is 76.9 Å². The van der Waals surface area contributed by atoms with Crippen LogP contribution in [-0.4, -0.2) is 0 Å². The van der Waals surface area contributed by atoms with E-state index in [2.05, 4.69) is 60.7 Å². The molecule has 2 aromatic rings. The van der Waals surface area contributed by atoms with E-state index < -0.39 is 0 Å². The van der Waals surface area contributed by atoms with Crippen LogP contribution in [0.3, 0.4) is 0 Å². The van der Waals surface area contributed by atoms with Gasteiger partial charge < -0.3 is 0 Å². The summed E-state index contributed by atoms with van der Waals surface area (Å²) >= 11 is 0. The Hall–Kier alpha value is -2.08. The zero-order chi connectivity index (χ0) is 13.1. The SMILES string of the molecule is C1=CCC2C(=CC3C=Cc4cccc5ccc2c3c45)C1. The number of fused-ring (bicyclic) bond motifs is 2. The first kappa shape index (κ1) is 10.7. The number of hydrogen-bond donors (Lipinski definition) is 0. The first-order chi connectivity index (χ1) is 9.92. The van der Waals surface area contributed by atoms with E-state index in [1.165, 1.54) is 22.8 Å². The van der Waals surface area contributed by atoms with Gasteiger partial charge in [-0.15, -0.1) is 0 Å². The summed E-state index contributed by atoms with van der Waals surface area (Å²) in [7, 11) is 0. The Kier molecular flexibility index (Phi) is 1.99. The third-order valence-corrected chi connectivity index (χ3v) is 5.08. The molecule has 0 aromatic heterocycles. The van der Waals surface area contributed by atoms with Gasteiger partial charge in [-0.3, -0.25) is 0 Å². The molecule has 0 spiro atoms. The third-order valence-electron chi connectivity index (χ3n) is 5.08. The smallest absolute Gasteiger partial charge is 0.0214 e. The van der Waals surface area contributed by atoms with Crippen LogP contribution in [-0.2, 0) is 0 Å². The molecule has 0 heterocycles. The molecule has 5 rings (SSSR count). The molecule has 0 saturated carbocycles. The van der Waals surface area contributed by atoms with Crippen molar-refractivity contribution in [1.29, 1.82) is 0 Å². The molecule has 3 aliphatic rings. The predicted octanol–water partition coefficient (Wildman–Crippen LogP) is 5.32. The quantitative estimate of drug-likeness (QED) is 0.559. The van der Waals surface area contributed by atoms with E-state index in [1.54, 1.807) is 16.7 Å². The Labute approximate surface area is 119 Å². The normalized spacial score (nSPS) is 25.5. The van der Waals surface area contributed by atoms with Crippen molar-refractivity contribution in [1.82, 2.24) is 0 Å². The highest BCUT2D eigenvalue weighted by molar-refractivity contribution is 5.97. The van der Waals surface area contributed by atoms with E-state index >= 15 is 0 Å². The lowest BCUT2D eigenvalue weighted by Gasteiger charge is -2.34. The fourth-order valence-corrected chi connectivity index (χ4v) is 4.18. The lowest BCUT2D eigenvalue weighted by molar-refractivity contribution is 0.719. The Morgan fingerprint density at radius 2 is 2.00 bits per heavy atom. The highest BCUT2D eigenvalue weighted by Crippen LogP contribution is 2.48. The second kappa shape index (κ2) is 3.73. The van der Waals surface area contributed by atoms with Crippen LogP contribution in [0, 0.1) is 0 Å². The van der Waals surface area contributed by atoms with E-state index in [4.69, 9.17) is 0 Å². The van der Waals surface area contributed by atoms with Crippen molar-refractivity contribution in [2.45, 2.75) is 24.7 Å². The Bertz CT molecular complexity index is 817. The molecule has 96 valence electrons. The van der Waals surface area contributed by atoms with Crippen molar-refractivity contribution in [3.63, 3.8) is 0 Å². The van der Waals surface area contributed by atoms with Crippen LogP contribution >= 0.6 is 0 Å². The molecule has 2 atom stereocenters. The Morgan fingerprint density at radius 1 is 1.00 bits per heavy atom. The summed E-state index contributed by atoms with van der Waals surface area (Å²) in [6.07, 6.45) is 14.2. The number of hydrogen-bond acceptors (Lipinski definition) is 0. The van der Waals surface area contributed by atoms with Crippen LogP contribution < -0.4 is 0 Å². The molecule has 0 N–H and O–H groups in total. The van der Waals surface area contributed by atoms with E-state index in [0.717, 1.165) is 6.42 Å². The highest BCUT2D eigenvalue weighted by Gasteiger charge is 2.30. The predicted molar refractivity (Wildman–Crippen MR) is 84.9 cm³/mol. The van der Waals surface area contributed by atoms with Gasteiger partial charge in [0.05, 0.1) is 0 Å². The summed E-state index contributed by atoms with van der Waals surface area (Å²) in [6, 6.07) is 11.4. The molecule has 0 heteroatoms. The average molecular weight is 256 g/mol. The molecule has 2 aromatic carbocycles. The maximum atomic E-state index is 2.52. The van der Waals surface area contributed by atoms with Crippen LogP contribution in [0.5, 0.6) is 0 Å². The molecular weight excluding hydrogens is 240 g/mol. The highest BCUT2D eigenvalue weighted by atomic mass is 14.3. The standard InChI is InChI=1S/C20H16/c1-2-7-17-15(4-1)12-16-9-8-13-5-3-6-14-10-11-18(17)20(16)19(13)14/h1-3,5-6,8-12,16-17H,4,7H2. The average Bonchev–Trinajstić information content (AvgIpc) is 2.52. The molecular formula is C20H16. The van der Waals surface area contributed by atoms with Gasteiger partial charge in [0.2, 0.25) is 0 Å². The van der Waals surface area contributed by atoms with E-state index in [9.17, 15) is 0 Å². The third kappa shape index (κ3) is 1.27. The summed E-state index contributed by atoms with van der Waals surface area (Å²) < 4.78 is 0. The van der Waals surface area contributed by atoms with Gasteiger partial charge in [0.15, 0.2) is 0 Å². The fourth-order valence-electron chi connectivity index (χ4n) is 4.18. The van der Waals surface area contributed by atoms with Crippen molar-refractivity contribution < 1.29 is 0 Å². The number of allylic oxidation sites excluding steroid dienone is 5. The van der Waals surface area contributed by atoms with Gasteiger partial charge in [0.1, 0.15) is 0 Å². The van der Waals surface area contributed by atoms with Crippen molar-refractivity contribution in [2.24, 2.45) is 0 Å². The van der Waals surface area contributed by atoms with Gasteiger partial charge in [0.25, 0.3) is 0 Å². The van der Waals surface area contributed by atoms with E-state index in [1.807, 2.05) is 0 Å². The Morgan fingerprint density at radius 3 is 3.00 bits per heavy atom. The molecule has 0 aliphatic heterocycles. The minimum Gasteiger partial charge on any atom is -0.0873 e. The zero-order valence-corrected chi connectivity index (χ0v) is 11.3. The molecule has 0 saturated heterocycles. The summed E-state index contributed by atoms with van der Waals surface area (Å²) in [6.45, 7) is 0. The van der Waals surface area contributed by atoms with Gasteiger partial charge >= 0.3 is 0 Å². The van der Waals surface area contributed by atoms with Crippen LogP contribution in [0.15, 0.2) is 60.2 Å². The maximum absolute atomic E-state index is 2.52. The van der Waals surface area contributed by atoms with Crippen LogP contribution in [0.4, 0.5) is 0 Å². The fraction of sp³-hybridized carbons (Fsp3) is 0.200. The molecule has 0 fully saturated rings. The molecule has 0 nitrogen and oxygen atoms in total. The van der Waals surface area contributed by atoms with Crippen LogP contribution in [0.1, 0.15) is 41.4 Å². The van der Waals surface area contributed by atoms with Crippen molar-refractivity contribution >= 4 is 16.8 Å². The number of benzene rings is 2. The van der Waals surface area contributed by atoms with Gasteiger partial charge in [-0.1, -0.05) is 66.3 Å². The summed E-state index contributed by atoms with van der Waals surface area (Å²) in [4.78, 5) is 0. The topological polar surface area (TPSA) is 0 Å². The van der Waals surface area contributed by atoms with Gasteiger partial charge in [-0.2, -0.15) is 0 Å². The zero-order valence-electron chi connectivity index (χ0n) is 11.3. The van der Waals surface area contributed by atoms with Gasteiger partial charge in [0, 0.05) is 11.8 Å². The van der Waals surface area contributed by atoms with Crippen molar-refractivity contribution in [2.75, 3.05) is 0 Å². The second-order valence-corrected chi connectivity index (χ2v) is 6.10. The van der Waals surface area contributed by atoms with Gasteiger partial charge in [-0.25, -0.2) is 0 Å². The lowest BCUT2D eigenvalue weighted by Crippen LogP contribution is -2.16. The summed E-state index contributed by atoms with van der Waals surface area (Å²) in [5.41, 5.74) is 6.15. The first-order valence-corrected chi connectivity index (χ1v) is 7.51. The Balaban J connectivity index is 1.89. The molecule has 0 bridgehead atoms. The van der Waals surface area contributed by atoms with Crippen LogP contribution in [0.25, 0.3) is 16.8 Å². The van der Waals surface area contributed by atoms with E-state index in [-0.39, 0.29) is 0 Å². The second-order valence-electron chi connectivity index (χ2n) is 6.10. The minimum absolute atomic E-state index is 0.487. The van der Waals surface area contributed by atoms with Crippen LogP contribution in [0.2, 0.25) is 0 Å². The minimum atomic E-state index is 0.487. The largest absolute Gasteiger partial charge is 0.0873 e. The summed E-state index contributed by atoms with van der Waals surface area (Å²) in [5.74, 6) is 1.11. The molecule has 20 heavy (non-hydrogen) atoms. The number of rotatable bonds is 0. The molecule has 2 unspecified atom stereocenters. The van der Waals surface area contributed by atoms with E-state index in [0.29, 0.717) is 11.8 Å². The van der Waals surface area contributed by atoms with Gasteiger partial charge in [-0.05, 0) is 40.3 Å². The van der Waals surface area contributed by atoms with Crippen molar-refractivity contribution in [3.8, 4) is 0 Å². The monoisotopic (exact) mass is 256 g/mol. The lowest BCUT2D eigenvalue weighted by atomic mass is 9.70. The molecule has 0 radical (unpaired) electrons.